The Morgan fingerprint density at radius 3 is 2.33 bits per heavy atom. The summed E-state index contributed by atoms with van der Waals surface area (Å²) in [5, 5.41) is 2.59. The molecule has 6 heteroatoms. The molecule has 0 bridgehead atoms. The molecule has 1 saturated heterocycles. The summed E-state index contributed by atoms with van der Waals surface area (Å²) in [7, 11) is 3.09. The number of hydrogen-bond donors (Lipinski definition) is 1. The summed E-state index contributed by atoms with van der Waals surface area (Å²) in [6.45, 7) is 0. The Morgan fingerprint density at radius 2 is 1.67 bits per heavy atom. The lowest BCUT2D eigenvalue weighted by Gasteiger charge is -2.11. The largest absolute Gasteiger partial charge is 0.493 e. The van der Waals surface area contributed by atoms with Gasteiger partial charge in [0.15, 0.2) is 11.5 Å². The summed E-state index contributed by atoms with van der Waals surface area (Å²) < 4.78 is 10.4. The van der Waals surface area contributed by atoms with Gasteiger partial charge in [0.1, 0.15) is 5.70 Å². The zero-order valence-corrected chi connectivity index (χ0v) is 13.3. The lowest BCUT2D eigenvalue weighted by Crippen LogP contribution is -2.30. The fraction of sp³-hybridized carbons (Fsp3) is 0.111. The fourth-order valence-electron chi connectivity index (χ4n) is 2.46. The SMILES string of the molecule is COc1ccc(C=C2NC(=O)N(c3ccccc3)C2=O)cc1OC. The highest BCUT2D eigenvalue weighted by Crippen LogP contribution is 2.29. The third kappa shape index (κ3) is 2.81. The van der Waals surface area contributed by atoms with E-state index in [9.17, 15) is 9.59 Å². The van der Waals surface area contributed by atoms with Gasteiger partial charge in [-0.1, -0.05) is 24.3 Å². The second-order valence-corrected chi connectivity index (χ2v) is 5.08. The number of anilines is 1. The van der Waals surface area contributed by atoms with Crippen molar-refractivity contribution in [1.82, 2.24) is 5.32 Å². The normalized spacial score (nSPS) is 15.6. The van der Waals surface area contributed by atoms with E-state index < -0.39 is 11.9 Å². The van der Waals surface area contributed by atoms with E-state index in [0.717, 1.165) is 4.90 Å². The van der Waals surface area contributed by atoms with Crippen LogP contribution in [0.25, 0.3) is 6.08 Å². The zero-order chi connectivity index (χ0) is 17.1. The molecule has 2 aromatic rings. The maximum absolute atomic E-state index is 12.5. The van der Waals surface area contributed by atoms with Crippen LogP contribution in [0, 0.1) is 0 Å². The van der Waals surface area contributed by atoms with E-state index in [4.69, 9.17) is 9.47 Å². The van der Waals surface area contributed by atoms with Crippen molar-refractivity contribution in [3.05, 3.63) is 59.8 Å². The Morgan fingerprint density at radius 1 is 0.958 bits per heavy atom. The first-order chi connectivity index (χ1) is 11.6. The van der Waals surface area contributed by atoms with Gasteiger partial charge in [-0.25, -0.2) is 9.69 Å². The van der Waals surface area contributed by atoms with Crippen molar-refractivity contribution in [3.8, 4) is 11.5 Å². The van der Waals surface area contributed by atoms with Crippen LogP contribution >= 0.6 is 0 Å². The Bertz CT molecular complexity index is 815. The van der Waals surface area contributed by atoms with Gasteiger partial charge in [-0.05, 0) is 35.9 Å². The predicted molar refractivity (Wildman–Crippen MR) is 90.0 cm³/mol. The molecular formula is C18H16N2O4. The number of amides is 3. The molecule has 2 aromatic carbocycles. The number of urea groups is 1. The van der Waals surface area contributed by atoms with E-state index in [-0.39, 0.29) is 5.70 Å². The fourth-order valence-corrected chi connectivity index (χ4v) is 2.46. The maximum Gasteiger partial charge on any atom is 0.333 e. The van der Waals surface area contributed by atoms with Crippen LogP contribution in [-0.4, -0.2) is 26.2 Å². The molecule has 6 nitrogen and oxygen atoms in total. The number of ether oxygens (including phenoxy) is 2. The molecule has 1 aliphatic heterocycles. The van der Waals surface area contributed by atoms with E-state index in [1.807, 2.05) is 6.07 Å². The standard InChI is InChI=1S/C18H16N2O4/c1-23-15-9-8-12(11-16(15)24-2)10-14-17(21)20(18(22)19-14)13-6-4-3-5-7-13/h3-11H,1-2H3,(H,19,22). The number of carbonyl (C=O) groups excluding carboxylic acids is 2. The molecule has 0 atom stereocenters. The number of para-hydroxylation sites is 1. The van der Waals surface area contributed by atoms with Crippen molar-refractivity contribution in [2.75, 3.05) is 19.1 Å². The molecule has 3 rings (SSSR count). The van der Waals surface area contributed by atoms with E-state index in [1.54, 1.807) is 55.7 Å². The van der Waals surface area contributed by atoms with E-state index in [2.05, 4.69) is 5.32 Å². The molecule has 1 heterocycles. The summed E-state index contributed by atoms with van der Waals surface area (Å²) in [5.41, 5.74) is 1.44. The first-order valence-corrected chi connectivity index (χ1v) is 7.28. The molecular weight excluding hydrogens is 308 g/mol. The Hall–Kier alpha value is -3.28. The topological polar surface area (TPSA) is 67.9 Å². The van der Waals surface area contributed by atoms with Gasteiger partial charge >= 0.3 is 6.03 Å². The van der Waals surface area contributed by atoms with Crippen LogP contribution in [0.4, 0.5) is 10.5 Å². The average molecular weight is 324 g/mol. The first kappa shape index (κ1) is 15.6. The van der Waals surface area contributed by atoms with Gasteiger partial charge < -0.3 is 14.8 Å². The van der Waals surface area contributed by atoms with Crippen LogP contribution in [0.5, 0.6) is 11.5 Å². The van der Waals surface area contributed by atoms with Crippen LogP contribution in [0.2, 0.25) is 0 Å². The molecule has 3 amide bonds. The summed E-state index contributed by atoms with van der Waals surface area (Å²) in [5.74, 6) is 0.733. The van der Waals surface area contributed by atoms with Gasteiger partial charge in [0.2, 0.25) is 0 Å². The zero-order valence-electron chi connectivity index (χ0n) is 13.3. The molecule has 0 aromatic heterocycles. The Labute approximate surface area is 139 Å². The monoisotopic (exact) mass is 324 g/mol. The van der Waals surface area contributed by atoms with Crippen molar-refractivity contribution >= 4 is 23.7 Å². The van der Waals surface area contributed by atoms with Crippen molar-refractivity contribution in [2.24, 2.45) is 0 Å². The van der Waals surface area contributed by atoms with E-state index in [1.165, 1.54) is 7.11 Å². The molecule has 0 radical (unpaired) electrons. The number of carbonyl (C=O) groups is 2. The summed E-state index contributed by atoms with van der Waals surface area (Å²) in [6.07, 6.45) is 1.60. The van der Waals surface area contributed by atoms with Gasteiger partial charge in [-0.15, -0.1) is 0 Å². The molecule has 24 heavy (non-hydrogen) atoms. The molecule has 1 aliphatic rings. The van der Waals surface area contributed by atoms with Gasteiger partial charge in [0.05, 0.1) is 19.9 Å². The highest BCUT2D eigenvalue weighted by molar-refractivity contribution is 6.28. The van der Waals surface area contributed by atoms with Crippen LogP contribution in [0.15, 0.2) is 54.2 Å². The molecule has 1 N–H and O–H groups in total. The number of nitrogens with one attached hydrogen (secondary N) is 1. The average Bonchev–Trinajstić information content (AvgIpc) is 2.89. The quantitative estimate of drug-likeness (QED) is 0.694. The number of hydrogen-bond acceptors (Lipinski definition) is 4. The van der Waals surface area contributed by atoms with E-state index in [0.29, 0.717) is 22.7 Å². The lowest BCUT2D eigenvalue weighted by molar-refractivity contribution is -0.113. The molecule has 0 saturated carbocycles. The maximum atomic E-state index is 12.5. The number of methoxy groups -OCH3 is 2. The number of nitrogens with zero attached hydrogens (tertiary/aromatic N) is 1. The second-order valence-electron chi connectivity index (χ2n) is 5.08. The third-order valence-corrected chi connectivity index (χ3v) is 3.61. The van der Waals surface area contributed by atoms with Crippen molar-refractivity contribution in [1.29, 1.82) is 0 Å². The Kier molecular flexibility index (Phi) is 4.20. The number of rotatable bonds is 4. The third-order valence-electron chi connectivity index (χ3n) is 3.61. The van der Waals surface area contributed by atoms with E-state index >= 15 is 0 Å². The van der Waals surface area contributed by atoms with Gasteiger partial charge in [-0.3, -0.25) is 4.79 Å². The van der Waals surface area contributed by atoms with Crippen LogP contribution in [0.1, 0.15) is 5.56 Å². The van der Waals surface area contributed by atoms with Crippen LogP contribution in [0.3, 0.4) is 0 Å². The second kappa shape index (κ2) is 6.45. The minimum Gasteiger partial charge on any atom is -0.493 e. The van der Waals surface area contributed by atoms with Crippen molar-refractivity contribution < 1.29 is 19.1 Å². The molecule has 0 spiro atoms. The highest BCUT2D eigenvalue weighted by Gasteiger charge is 2.34. The van der Waals surface area contributed by atoms with Gasteiger partial charge in [0, 0.05) is 0 Å². The Balaban J connectivity index is 1.92. The smallest absolute Gasteiger partial charge is 0.333 e. The predicted octanol–water partition coefficient (Wildman–Crippen LogP) is 2.80. The number of benzene rings is 2. The lowest BCUT2D eigenvalue weighted by atomic mass is 10.1. The van der Waals surface area contributed by atoms with Crippen molar-refractivity contribution in [3.63, 3.8) is 0 Å². The summed E-state index contributed by atoms with van der Waals surface area (Å²) in [4.78, 5) is 25.7. The first-order valence-electron chi connectivity index (χ1n) is 7.28. The minimum absolute atomic E-state index is 0.205. The molecule has 0 aliphatic carbocycles. The van der Waals surface area contributed by atoms with Gasteiger partial charge in [-0.2, -0.15) is 0 Å². The van der Waals surface area contributed by atoms with Gasteiger partial charge in [0.25, 0.3) is 5.91 Å². The summed E-state index contributed by atoms with van der Waals surface area (Å²) >= 11 is 0. The van der Waals surface area contributed by atoms with Crippen LogP contribution < -0.4 is 19.7 Å². The molecule has 122 valence electrons. The highest BCUT2D eigenvalue weighted by atomic mass is 16.5. The van der Waals surface area contributed by atoms with Crippen LogP contribution in [-0.2, 0) is 4.79 Å². The minimum atomic E-state index is -0.474. The molecule has 0 unspecified atom stereocenters. The van der Waals surface area contributed by atoms with Crippen molar-refractivity contribution in [2.45, 2.75) is 0 Å². The number of imide groups is 1. The molecule has 1 fully saturated rings. The summed E-state index contributed by atoms with van der Waals surface area (Å²) in [6, 6.07) is 13.5.